The molecule has 158 valence electrons. The summed E-state index contributed by atoms with van der Waals surface area (Å²) in [5, 5.41) is 4.99. The second kappa shape index (κ2) is 8.10. The van der Waals surface area contributed by atoms with Gasteiger partial charge in [-0.1, -0.05) is 30.3 Å². The number of methoxy groups -OCH3 is 1. The monoisotopic (exact) mass is 427 g/mol. The van der Waals surface area contributed by atoms with Crippen LogP contribution in [0.15, 0.2) is 67.0 Å². The van der Waals surface area contributed by atoms with E-state index in [4.69, 9.17) is 9.47 Å². The van der Waals surface area contributed by atoms with Gasteiger partial charge in [-0.3, -0.25) is 4.98 Å². The summed E-state index contributed by atoms with van der Waals surface area (Å²) in [4.78, 5) is 16.9. The number of fused-ring (bicyclic) bond motifs is 1. The summed E-state index contributed by atoms with van der Waals surface area (Å²) >= 11 is 0. The van der Waals surface area contributed by atoms with Gasteiger partial charge in [0.2, 0.25) is 5.69 Å². The molecule has 2 aromatic heterocycles. The Morgan fingerprint density at radius 2 is 1.87 bits per heavy atom. The number of aromatic nitrogens is 3. The van der Waals surface area contributed by atoms with Crippen molar-refractivity contribution in [2.75, 3.05) is 7.11 Å². The smallest absolute Gasteiger partial charge is 0.416 e. The minimum Gasteiger partial charge on any atom is -0.493 e. The Kier molecular flexibility index (Phi) is 5.33. The summed E-state index contributed by atoms with van der Waals surface area (Å²) in [7, 11) is 1.33. The van der Waals surface area contributed by atoms with E-state index in [0.717, 1.165) is 22.2 Å². The summed E-state index contributed by atoms with van der Waals surface area (Å²) in [6.45, 7) is -0.0488. The van der Waals surface area contributed by atoms with Crippen LogP contribution in [0.2, 0.25) is 0 Å². The predicted octanol–water partition coefficient (Wildman–Crippen LogP) is 4.80. The third-order valence-electron chi connectivity index (χ3n) is 4.61. The van der Waals surface area contributed by atoms with Crippen molar-refractivity contribution in [3.05, 3.63) is 83.8 Å². The first kappa shape index (κ1) is 20.4. The molecule has 0 unspecified atom stereocenters. The maximum Gasteiger partial charge on any atom is 0.416 e. The van der Waals surface area contributed by atoms with Gasteiger partial charge in [-0.2, -0.15) is 18.3 Å². The van der Waals surface area contributed by atoms with Crippen molar-refractivity contribution in [3.63, 3.8) is 0 Å². The van der Waals surface area contributed by atoms with E-state index in [2.05, 4.69) is 10.1 Å². The summed E-state index contributed by atoms with van der Waals surface area (Å²) in [6, 6.07) is 13.8. The van der Waals surface area contributed by atoms with Gasteiger partial charge in [-0.05, 0) is 24.3 Å². The zero-order valence-corrected chi connectivity index (χ0v) is 16.3. The van der Waals surface area contributed by atoms with Crippen LogP contribution in [0.1, 0.15) is 21.6 Å². The van der Waals surface area contributed by atoms with Crippen LogP contribution in [0.3, 0.4) is 0 Å². The van der Waals surface area contributed by atoms with Crippen molar-refractivity contribution < 1.29 is 27.4 Å². The van der Waals surface area contributed by atoms with E-state index in [1.165, 1.54) is 25.4 Å². The second-order valence-corrected chi connectivity index (χ2v) is 6.61. The van der Waals surface area contributed by atoms with Gasteiger partial charge in [0, 0.05) is 17.1 Å². The number of nitrogens with zero attached hydrogens (tertiary/aromatic N) is 3. The number of benzene rings is 2. The van der Waals surface area contributed by atoms with Crippen LogP contribution >= 0.6 is 0 Å². The van der Waals surface area contributed by atoms with Gasteiger partial charge in [0.25, 0.3) is 0 Å². The lowest BCUT2D eigenvalue weighted by Gasteiger charge is -2.08. The van der Waals surface area contributed by atoms with E-state index in [1.54, 1.807) is 12.3 Å². The van der Waals surface area contributed by atoms with Crippen LogP contribution in [0.4, 0.5) is 13.2 Å². The highest BCUT2D eigenvalue weighted by atomic mass is 19.4. The normalized spacial score (nSPS) is 11.5. The summed E-state index contributed by atoms with van der Waals surface area (Å²) in [6.07, 6.45) is -1.53. The Balaban J connectivity index is 1.58. The maximum atomic E-state index is 13.0. The third-order valence-corrected chi connectivity index (χ3v) is 4.61. The van der Waals surface area contributed by atoms with Crippen LogP contribution in [-0.4, -0.2) is 27.8 Å². The molecule has 0 atom stereocenters. The van der Waals surface area contributed by atoms with Crippen molar-refractivity contribution in [1.82, 2.24) is 14.8 Å². The number of ether oxygens (including phenoxy) is 2. The van der Waals surface area contributed by atoms with E-state index < -0.39 is 17.7 Å². The number of pyridine rings is 1. The molecule has 9 heteroatoms. The first-order valence-corrected chi connectivity index (χ1v) is 9.18. The molecule has 0 aliphatic carbocycles. The molecular weight excluding hydrogens is 411 g/mol. The molecule has 0 amide bonds. The molecular formula is C22H16F3N3O3. The minimum atomic E-state index is -4.50. The van der Waals surface area contributed by atoms with Gasteiger partial charge in [-0.15, -0.1) is 0 Å². The quantitative estimate of drug-likeness (QED) is 0.428. The first-order chi connectivity index (χ1) is 14.9. The lowest BCUT2D eigenvalue weighted by molar-refractivity contribution is -0.137. The highest BCUT2D eigenvalue weighted by molar-refractivity contribution is 5.90. The SMILES string of the molecule is COc1cn(-c2cccc(C(F)(F)F)c2)nc1C(=O)OCc1cccc2cccnc12. The van der Waals surface area contributed by atoms with Crippen LogP contribution < -0.4 is 4.74 Å². The Hall–Kier alpha value is -3.88. The molecule has 0 spiro atoms. The number of hydrogen-bond acceptors (Lipinski definition) is 5. The largest absolute Gasteiger partial charge is 0.493 e. The van der Waals surface area contributed by atoms with Crippen LogP contribution in [-0.2, 0) is 17.5 Å². The zero-order valence-electron chi connectivity index (χ0n) is 16.3. The number of carbonyl (C=O) groups is 1. The molecule has 0 aliphatic heterocycles. The topological polar surface area (TPSA) is 66.2 Å². The lowest BCUT2D eigenvalue weighted by Crippen LogP contribution is -2.09. The molecule has 4 rings (SSSR count). The van der Waals surface area contributed by atoms with Crippen molar-refractivity contribution in [2.24, 2.45) is 0 Å². The molecule has 2 aromatic carbocycles. The molecule has 0 radical (unpaired) electrons. The van der Waals surface area contributed by atoms with E-state index in [1.807, 2.05) is 24.3 Å². The zero-order chi connectivity index (χ0) is 22.0. The Morgan fingerprint density at radius 1 is 1.10 bits per heavy atom. The fourth-order valence-corrected chi connectivity index (χ4v) is 3.10. The molecule has 0 fully saturated rings. The fraction of sp³-hybridized carbons (Fsp3) is 0.136. The number of carbonyl (C=O) groups excluding carboxylic acids is 1. The predicted molar refractivity (Wildman–Crippen MR) is 106 cm³/mol. The van der Waals surface area contributed by atoms with Gasteiger partial charge >= 0.3 is 12.1 Å². The molecule has 0 saturated heterocycles. The van der Waals surface area contributed by atoms with Crippen molar-refractivity contribution in [3.8, 4) is 11.4 Å². The number of esters is 1. The number of hydrogen-bond donors (Lipinski definition) is 0. The molecule has 2 heterocycles. The van der Waals surface area contributed by atoms with Crippen LogP contribution in [0.25, 0.3) is 16.6 Å². The first-order valence-electron chi connectivity index (χ1n) is 9.18. The Morgan fingerprint density at radius 3 is 2.65 bits per heavy atom. The number of alkyl halides is 3. The van der Waals surface area contributed by atoms with Gasteiger partial charge in [0.1, 0.15) is 6.61 Å². The standard InChI is InChI=1S/C22H16F3N3O3/c1-30-18-12-28(17-9-3-8-16(11-17)22(23,24)25)27-20(18)21(29)31-13-15-6-2-5-14-7-4-10-26-19(14)15/h2-12H,13H2,1H3. The van der Waals surface area contributed by atoms with Crippen molar-refractivity contribution in [1.29, 1.82) is 0 Å². The average molecular weight is 427 g/mol. The van der Waals surface area contributed by atoms with E-state index in [0.29, 0.717) is 11.1 Å². The molecule has 6 nitrogen and oxygen atoms in total. The van der Waals surface area contributed by atoms with E-state index in [9.17, 15) is 18.0 Å². The van der Waals surface area contributed by atoms with Crippen LogP contribution in [0, 0.1) is 0 Å². The van der Waals surface area contributed by atoms with Crippen molar-refractivity contribution in [2.45, 2.75) is 12.8 Å². The molecule has 0 bridgehead atoms. The van der Waals surface area contributed by atoms with Crippen LogP contribution in [0.5, 0.6) is 5.75 Å². The summed E-state index contributed by atoms with van der Waals surface area (Å²) in [5.74, 6) is -0.686. The average Bonchev–Trinajstić information content (AvgIpc) is 3.21. The highest BCUT2D eigenvalue weighted by Crippen LogP contribution is 2.31. The molecule has 0 saturated carbocycles. The second-order valence-electron chi connectivity index (χ2n) is 6.61. The molecule has 4 aromatic rings. The molecule has 31 heavy (non-hydrogen) atoms. The van der Waals surface area contributed by atoms with Gasteiger partial charge in [0.15, 0.2) is 5.75 Å². The minimum absolute atomic E-state index is 0.0488. The van der Waals surface area contributed by atoms with E-state index >= 15 is 0 Å². The third kappa shape index (κ3) is 4.20. The fourth-order valence-electron chi connectivity index (χ4n) is 3.10. The Labute approximate surface area is 174 Å². The van der Waals surface area contributed by atoms with Gasteiger partial charge < -0.3 is 9.47 Å². The Bertz CT molecular complexity index is 1250. The molecule has 0 N–H and O–H groups in total. The number of rotatable bonds is 5. The van der Waals surface area contributed by atoms with Gasteiger partial charge in [0.05, 0.1) is 30.1 Å². The molecule has 0 aliphatic rings. The summed E-state index contributed by atoms with van der Waals surface area (Å²) in [5.41, 5.74) is 0.576. The summed E-state index contributed by atoms with van der Waals surface area (Å²) < 4.78 is 50.7. The highest BCUT2D eigenvalue weighted by Gasteiger charge is 2.31. The maximum absolute atomic E-state index is 13.0. The number of halogens is 3. The van der Waals surface area contributed by atoms with Crippen molar-refractivity contribution >= 4 is 16.9 Å². The number of para-hydroxylation sites is 1. The van der Waals surface area contributed by atoms with E-state index in [-0.39, 0.29) is 23.7 Å². The lowest BCUT2D eigenvalue weighted by atomic mass is 10.1. The van der Waals surface area contributed by atoms with Gasteiger partial charge in [-0.25, -0.2) is 9.48 Å².